The molecule has 0 saturated carbocycles. The Morgan fingerprint density at radius 2 is 1.92 bits per heavy atom. The van der Waals surface area contributed by atoms with Crippen LogP contribution in [0, 0.1) is 20.8 Å². The lowest BCUT2D eigenvalue weighted by atomic mass is 10.2. The molecule has 68 valence electrons. The highest BCUT2D eigenvalue weighted by molar-refractivity contribution is 5.81. The maximum Gasteiger partial charge on any atom is 0.0912 e. The van der Waals surface area contributed by atoms with E-state index in [2.05, 4.69) is 43.4 Å². The summed E-state index contributed by atoms with van der Waals surface area (Å²) in [7, 11) is 2.09. The fraction of sp³-hybridized carbons (Fsp3) is 0.364. The fourth-order valence-electron chi connectivity index (χ4n) is 1.70. The lowest BCUT2D eigenvalue weighted by Crippen LogP contribution is -1.90. The summed E-state index contributed by atoms with van der Waals surface area (Å²) in [6.45, 7) is 6.33. The lowest BCUT2D eigenvalue weighted by Gasteiger charge is -1.98. The maximum absolute atomic E-state index is 4.44. The molecule has 2 heteroatoms. The van der Waals surface area contributed by atoms with Gasteiger partial charge in [0, 0.05) is 18.9 Å². The van der Waals surface area contributed by atoms with Crippen LogP contribution in [-0.4, -0.2) is 9.55 Å². The van der Waals surface area contributed by atoms with E-state index in [1.165, 1.54) is 22.3 Å². The number of fused-ring (bicyclic) bond motifs is 1. The number of pyridine rings is 1. The maximum atomic E-state index is 4.44. The molecule has 0 saturated heterocycles. The number of aryl methyl sites for hydroxylation is 3. The van der Waals surface area contributed by atoms with Gasteiger partial charge in [-0.1, -0.05) is 0 Å². The van der Waals surface area contributed by atoms with Crippen LogP contribution >= 0.6 is 0 Å². The van der Waals surface area contributed by atoms with Crippen LogP contribution in [0.15, 0.2) is 12.3 Å². The zero-order valence-electron chi connectivity index (χ0n) is 8.55. The van der Waals surface area contributed by atoms with Gasteiger partial charge in [0.2, 0.25) is 0 Å². The van der Waals surface area contributed by atoms with E-state index in [4.69, 9.17) is 0 Å². The Hall–Kier alpha value is -1.31. The van der Waals surface area contributed by atoms with Crippen molar-refractivity contribution in [2.75, 3.05) is 0 Å². The van der Waals surface area contributed by atoms with Gasteiger partial charge in [0.15, 0.2) is 0 Å². The second kappa shape index (κ2) is 2.59. The van der Waals surface area contributed by atoms with Gasteiger partial charge in [-0.2, -0.15) is 0 Å². The molecule has 0 spiro atoms. The third kappa shape index (κ3) is 1.05. The third-order valence-corrected chi connectivity index (χ3v) is 2.77. The van der Waals surface area contributed by atoms with Crippen LogP contribution in [-0.2, 0) is 7.05 Å². The molecule has 0 fully saturated rings. The SMILES string of the molecule is Cc1cnc2c(C)c(C)n(C)c2c1. The standard InChI is InChI=1S/C11H14N2/c1-7-5-10-11(12-6-7)8(2)9(3)13(10)4/h5-6H,1-4H3. The molecule has 0 bridgehead atoms. The molecule has 0 aliphatic heterocycles. The quantitative estimate of drug-likeness (QED) is 0.600. The van der Waals surface area contributed by atoms with Crippen molar-refractivity contribution in [3.63, 3.8) is 0 Å². The predicted octanol–water partition coefficient (Wildman–Crippen LogP) is 2.50. The van der Waals surface area contributed by atoms with Crippen LogP contribution in [0.3, 0.4) is 0 Å². The molecule has 0 radical (unpaired) electrons. The van der Waals surface area contributed by atoms with Crippen molar-refractivity contribution in [2.45, 2.75) is 20.8 Å². The van der Waals surface area contributed by atoms with Crippen LogP contribution in [0.4, 0.5) is 0 Å². The fourth-order valence-corrected chi connectivity index (χ4v) is 1.70. The van der Waals surface area contributed by atoms with Crippen molar-refractivity contribution in [3.05, 3.63) is 29.1 Å². The van der Waals surface area contributed by atoms with Crippen LogP contribution in [0.1, 0.15) is 16.8 Å². The summed E-state index contributed by atoms with van der Waals surface area (Å²) in [5, 5.41) is 0. The molecule has 2 aromatic rings. The number of hydrogen-bond donors (Lipinski definition) is 0. The summed E-state index contributed by atoms with van der Waals surface area (Å²) in [6.07, 6.45) is 1.93. The lowest BCUT2D eigenvalue weighted by molar-refractivity contribution is 0.909. The van der Waals surface area contributed by atoms with Gasteiger partial charge in [-0.05, 0) is 38.0 Å². The highest BCUT2D eigenvalue weighted by Gasteiger charge is 2.08. The Kier molecular flexibility index (Phi) is 1.65. The Bertz CT molecular complexity index is 466. The summed E-state index contributed by atoms with van der Waals surface area (Å²) >= 11 is 0. The number of rotatable bonds is 0. The highest BCUT2D eigenvalue weighted by Crippen LogP contribution is 2.22. The van der Waals surface area contributed by atoms with Crippen molar-refractivity contribution in [3.8, 4) is 0 Å². The summed E-state index contributed by atoms with van der Waals surface area (Å²) in [5.74, 6) is 0. The van der Waals surface area contributed by atoms with Crippen molar-refractivity contribution >= 4 is 11.0 Å². The van der Waals surface area contributed by atoms with E-state index in [0.29, 0.717) is 0 Å². The van der Waals surface area contributed by atoms with Crippen LogP contribution in [0.5, 0.6) is 0 Å². The largest absolute Gasteiger partial charge is 0.346 e. The summed E-state index contributed by atoms with van der Waals surface area (Å²) in [5.41, 5.74) is 6.17. The number of aromatic nitrogens is 2. The second-order valence-corrected chi connectivity index (χ2v) is 3.65. The van der Waals surface area contributed by atoms with E-state index in [1.54, 1.807) is 0 Å². The first-order valence-corrected chi connectivity index (χ1v) is 4.49. The van der Waals surface area contributed by atoms with Gasteiger partial charge >= 0.3 is 0 Å². The van der Waals surface area contributed by atoms with Gasteiger partial charge in [-0.3, -0.25) is 4.98 Å². The van der Waals surface area contributed by atoms with Crippen LogP contribution in [0.2, 0.25) is 0 Å². The van der Waals surface area contributed by atoms with Gasteiger partial charge in [-0.25, -0.2) is 0 Å². The smallest absolute Gasteiger partial charge is 0.0912 e. The number of hydrogen-bond acceptors (Lipinski definition) is 1. The van der Waals surface area contributed by atoms with Crippen LogP contribution in [0.25, 0.3) is 11.0 Å². The molecule has 0 atom stereocenters. The highest BCUT2D eigenvalue weighted by atomic mass is 15.0. The Labute approximate surface area is 78.2 Å². The minimum Gasteiger partial charge on any atom is -0.346 e. The molecule has 0 aliphatic carbocycles. The second-order valence-electron chi connectivity index (χ2n) is 3.65. The molecule has 2 heterocycles. The first-order chi connectivity index (χ1) is 6.11. The minimum atomic E-state index is 1.13. The molecule has 0 aliphatic rings. The van der Waals surface area contributed by atoms with Gasteiger partial charge in [0.05, 0.1) is 11.0 Å². The first kappa shape index (κ1) is 8.30. The van der Waals surface area contributed by atoms with Crippen molar-refractivity contribution in [2.24, 2.45) is 7.05 Å². The minimum absolute atomic E-state index is 1.13. The van der Waals surface area contributed by atoms with Gasteiger partial charge in [0.1, 0.15) is 0 Å². The zero-order valence-corrected chi connectivity index (χ0v) is 8.55. The molecule has 2 nitrogen and oxygen atoms in total. The zero-order chi connectivity index (χ0) is 9.59. The van der Waals surface area contributed by atoms with E-state index < -0.39 is 0 Å². The average Bonchev–Trinajstić information content (AvgIpc) is 2.32. The van der Waals surface area contributed by atoms with Gasteiger partial charge in [0.25, 0.3) is 0 Å². The predicted molar refractivity (Wildman–Crippen MR) is 54.9 cm³/mol. The van der Waals surface area contributed by atoms with E-state index in [1.807, 2.05) is 6.20 Å². The van der Waals surface area contributed by atoms with Crippen molar-refractivity contribution < 1.29 is 0 Å². The molecule has 0 N–H and O–H groups in total. The third-order valence-electron chi connectivity index (χ3n) is 2.77. The Morgan fingerprint density at radius 3 is 2.62 bits per heavy atom. The summed E-state index contributed by atoms with van der Waals surface area (Å²) in [4.78, 5) is 4.44. The van der Waals surface area contributed by atoms with Gasteiger partial charge < -0.3 is 4.57 Å². The molecular formula is C11H14N2. The van der Waals surface area contributed by atoms with Crippen molar-refractivity contribution in [1.29, 1.82) is 0 Å². The van der Waals surface area contributed by atoms with E-state index in [0.717, 1.165) is 5.52 Å². The van der Waals surface area contributed by atoms with Crippen LogP contribution < -0.4 is 0 Å². The molecule has 0 unspecified atom stereocenters. The Morgan fingerprint density at radius 1 is 1.23 bits per heavy atom. The molecule has 0 amide bonds. The first-order valence-electron chi connectivity index (χ1n) is 4.49. The average molecular weight is 174 g/mol. The molecule has 2 aromatic heterocycles. The van der Waals surface area contributed by atoms with Crippen molar-refractivity contribution in [1.82, 2.24) is 9.55 Å². The van der Waals surface area contributed by atoms with E-state index in [-0.39, 0.29) is 0 Å². The Balaban J connectivity index is 2.95. The number of nitrogens with zero attached hydrogens (tertiary/aromatic N) is 2. The normalized spacial score (nSPS) is 11.1. The molecule has 2 rings (SSSR count). The molecule has 13 heavy (non-hydrogen) atoms. The van der Waals surface area contributed by atoms with E-state index >= 15 is 0 Å². The summed E-state index contributed by atoms with van der Waals surface area (Å²) in [6, 6.07) is 2.18. The monoisotopic (exact) mass is 174 g/mol. The molecule has 0 aromatic carbocycles. The van der Waals surface area contributed by atoms with Gasteiger partial charge in [-0.15, -0.1) is 0 Å². The summed E-state index contributed by atoms with van der Waals surface area (Å²) < 4.78 is 2.20. The molecular weight excluding hydrogens is 160 g/mol. The topological polar surface area (TPSA) is 17.8 Å². The van der Waals surface area contributed by atoms with E-state index in [9.17, 15) is 0 Å².